The number of rotatable bonds is 6. The van der Waals surface area contributed by atoms with Crippen LogP contribution in [0.3, 0.4) is 0 Å². The molecular weight excluding hydrogens is 230 g/mol. The highest BCUT2D eigenvalue weighted by atomic mass is 16.1. The number of hydrogen-bond donors (Lipinski definition) is 2. The molecule has 3 N–H and O–H groups in total. The standard InChI is InChI=1S/C12H15N5O/c13-10(18)3-1-2-6-15-11-5-4-9-12(17-11)16-8-7-14-9/h4-5,7-8H,1-3,6H2,(H2,13,18)(H,15,16,17). The number of carbonyl (C=O) groups is 1. The molecule has 0 atom stereocenters. The Bertz CT molecular complexity index is 543. The summed E-state index contributed by atoms with van der Waals surface area (Å²) in [7, 11) is 0. The number of aromatic nitrogens is 3. The average Bonchev–Trinajstić information content (AvgIpc) is 2.38. The Balaban J connectivity index is 1.86. The smallest absolute Gasteiger partial charge is 0.217 e. The molecular formula is C12H15N5O. The van der Waals surface area contributed by atoms with Gasteiger partial charge in [-0.3, -0.25) is 9.78 Å². The zero-order chi connectivity index (χ0) is 12.8. The zero-order valence-electron chi connectivity index (χ0n) is 9.97. The number of fused-ring (bicyclic) bond motifs is 1. The fraction of sp³-hybridized carbons (Fsp3) is 0.333. The topological polar surface area (TPSA) is 93.8 Å². The number of primary amides is 1. The number of pyridine rings is 1. The number of anilines is 1. The van der Waals surface area contributed by atoms with Crippen molar-refractivity contribution < 1.29 is 4.79 Å². The lowest BCUT2D eigenvalue weighted by atomic mass is 10.2. The Morgan fingerprint density at radius 1 is 1.22 bits per heavy atom. The van der Waals surface area contributed by atoms with Gasteiger partial charge in [0, 0.05) is 25.4 Å². The van der Waals surface area contributed by atoms with Crippen LogP contribution >= 0.6 is 0 Å². The zero-order valence-corrected chi connectivity index (χ0v) is 9.97. The molecule has 18 heavy (non-hydrogen) atoms. The minimum atomic E-state index is -0.255. The van der Waals surface area contributed by atoms with Gasteiger partial charge < -0.3 is 11.1 Å². The number of carbonyl (C=O) groups excluding carboxylic acids is 1. The van der Waals surface area contributed by atoms with E-state index in [0.717, 1.165) is 30.7 Å². The predicted molar refractivity (Wildman–Crippen MR) is 68.9 cm³/mol. The second-order valence-electron chi connectivity index (χ2n) is 3.95. The van der Waals surface area contributed by atoms with Gasteiger partial charge in [-0.05, 0) is 25.0 Å². The van der Waals surface area contributed by atoms with Crippen LogP contribution in [0, 0.1) is 0 Å². The molecule has 0 aliphatic rings. The van der Waals surface area contributed by atoms with E-state index in [2.05, 4.69) is 20.3 Å². The lowest BCUT2D eigenvalue weighted by Gasteiger charge is -2.05. The van der Waals surface area contributed by atoms with E-state index >= 15 is 0 Å². The van der Waals surface area contributed by atoms with Crippen LogP contribution in [-0.4, -0.2) is 27.4 Å². The Morgan fingerprint density at radius 2 is 2.06 bits per heavy atom. The summed E-state index contributed by atoms with van der Waals surface area (Å²) < 4.78 is 0. The molecule has 2 heterocycles. The highest BCUT2D eigenvalue weighted by Gasteiger charge is 1.99. The number of nitrogens with zero attached hydrogens (tertiary/aromatic N) is 3. The minimum Gasteiger partial charge on any atom is -0.370 e. The van der Waals surface area contributed by atoms with Gasteiger partial charge in [0.05, 0.1) is 0 Å². The molecule has 0 radical (unpaired) electrons. The molecule has 0 aromatic carbocycles. The van der Waals surface area contributed by atoms with Crippen molar-refractivity contribution in [1.29, 1.82) is 0 Å². The molecule has 0 unspecified atom stereocenters. The fourth-order valence-electron chi connectivity index (χ4n) is 1.59. The lowest BCUT2D eigenvalue weighted by Crippen LogP contribution is -2.11. The van der Waals surface area contributed by atoms with Crippen LogP contribution < -0.4 is 11.1 Å². The third-order valence-electron chi connectivity index (χ3n) is 2.49. The molecule has 1 amide bonds. The molecule has 0 saturated heterocycles. The normalized spacial score (nSPS) is 10.4. The minimum absolute atomic E-state index is 0.255. The van der Waals surface area contributed by atoms with E-state index in [1.165, 1.54) is 0 Å². The molecule has 0 bridgehead atoms. The maximum absolute atomic E-state index is 10.6. The second kappa shape index (κ2) is 5.90. The summed E-state index contributed by atoms with van der Waals surface area (Å²) in [6.45, 7) is 0.756. The van der Waals surface area contributed by atoms with E-state index in [1.54, 1.807) is 12.4 Å². The molecule has 6 heteroatoms. The van der Waals surface area contributed by atoms with Gasteiger partial charge in [0.2, 0.25) is 5.91 Å². The molecule has 0 aliphatic heterocycles. The molecule has 2 aromatic heterocycles. The first-order valence-corrected chi connectivity index (χ1v) is 5.85. The molecule has 0 fully saturated rings. The molecule has 94 valence electrons. The quantitative estimate of drug-likeness (QED) is 0.743. The van der Waals surface area contributed by atoms with Crippen molar-refractivity contribution in [3.8, 4) is 0 Å². The SMILES string of the molecule is NC(=O)CCCCNc1ccc2nccnc2n1. The molecule has 0 spiro atoms. The van der Waals surface area contributed by atoms with Crippen molar-refractivity contribution in [1.82, 2.24) is 15.0 Å². The monoisotopic (exact) mass is 245 g/mol. The molecule has 0 saturated carbocycles. The third-order valence-corrected chi connectivity index (χ3v) is 2.49. The number of hydrogen-bond acceptors (Lipinski definition) is 5. The largest absolute Gasteiger partial charge is 0.370 e. The summed E-state index contributed by atoms with van der Waals surface area (Å²) in [4.78, 5) is 23.2. The summed E-state index contributed by atoms with van der Waals surface area (Å²) in [5.74, 6) is 0.510. The molecule has 0 aliphatic carbocycles. The summed E-state index contributed by atoms with van der Waals surface area (Å²) in [6.07, 6.45) is 5.35. The summed E-state index contributed by atoms with van der Waals surface area (Å²) in [5, 5.41) is 3.18. The summed E-state index contributed by atoms with van der Waals surface area (Å²) >= 11 is 0. The van der Waals surface area contributed by atoms with E-state index in [9.17, 15) is 4.79 Å². The first-order chi connectivity index (χ1) is 8.75. The average molecular weight is 245 g/mol. The maximum Gasteiger partial charge on any atom is 0.217 e. The van der Waals surface area contributed by atoms with Crippen molar-refractivity contribution in [3.05, 3.63) is 24.5 Å². The number of nitrogens with two attached hydrogens (primary N) is 1. The van der Waals surface area contributed by atoms with Gasteiger partial charge in [-0.15, -0.1) is 0 Å². The second-order valence-corrected chi connectivity index (χ2v) is 3.95. The highest BCUT2D eigenvalue weighted by Crippen LogP contribution is 2.10. The molecule has 6 nitrogen and oxygen atoms in total. The third kappa shape index (κ3) is 3.38. The Kier molecular flexibility index (Phi) is 4.01. The fourth-order valence-corrected chi connectivity index (χ4v) is 1.59. The summed E-state index contributed by atoms with van der Waals surface area (Å²) in [5.41, 5.74) is 6.46. The van der Waals surface area contributed by atoms with Gasteiger partial charge in [0.1, 0.15) is 11.3 Å². The van der Waals surface area contributed by atoms with Crippen LogP contribution in [0.15, 0.2) is 24.5 Å². The predicted octanol–water partition coefficient (Wildman–Crippen LogP) is 1.09. The first-order valence-electron chi connectivity index (χ1n) is 5.85. The van der Waals surface area contributed by atoms with Gasteiger partial charge in [-0.25, -0.2) is 9.97 Å². The maximum atomic E-state index is 10.6. The lowest BCUT2D eigenvalue weighted by molar-refractivity contribution is -0.118. The highest BCUT2D eigenvalue weighted by molar-refractivity contribution is 5.73. The van der Waals surface area contributed by atoms with Gasteiger partial charge in [-0.2, -0.15) is 0 Å². The van der Waals surface area contributed by atoms with E-state index in [1.807, 2.05) is 12.1 Å². The van der Waals surface area contributed by atoms with Gasteiger partial charge in [-0.1, -0.05) is 0 Å². The molecule has 2 aromatic rings. The van der Waals surface area contributed by atoms with Crippen LogP contribution in [0.4, 0.5) is 5.82 Å². The Labute approximate surface area is 105 Å². The van der Waals surface area contributed by atoms with Crippen LogP contribution in [-0.2, 0) is 4.79 Å². The van der Waals surface area contributed by atoms with Gasteiger partial charge in [0.15, 0.2) is 5.65 Å². The van der Waals surface area contributed by atoms with Gasteiger partial charge >= 0.3 is 0 Å². The Morgan fingerprint density at radius 3 is 2.89 bits per heavy atom. The van der Waals surface area contributed by atoms with E-state index in [-0.39, 0.29) is 5.91 Å². The van der Waals surface area contributed by atoms with E-state index in [0.29, 0.717) is 12.1 Å². The van der Waals surface area contributed by atoms with Crippen molar-refractivity contribution >= 4 is 22.9 Å². The van der Waals surface area contributed by atoms with Crippen molar-refractivity contribution in [2.75, 3.05) is 11.9 Å². The van der Waals surface area contributed by atoms with Crippen LogP contribution in [0.2, 0.25) is 0 Å². The van der Waals surface area contributed by atoms with E-state index < -0.39 is 0 Å². The van der Waals surface area contributed by atoms with E-state index in [4.69, 9.17) is 5.73 Å². The van der Waals surface area contributed by atoms with Crippen molar-refractivity contribution in [3.63, 3.8) is 0 Å². The van der Waals surface area contributed by atoms with Crippen LogP contribution in [0.25, 0.3) is 11.2 Å². The molecule has 2 rings (SSSR count). The Hall–Kier alpha value is -2.24. The first kappa shape index (κ1) is 12.2. The summed E-state index contributed by atoms with van der Waals surface area (Å²) in [6, 6.07) is 3.74. The van der Waals surface area contributed by atoms with Crippen LogP contribution in [0.1, 0.15) is 19.3 Å². The number of amides is 1. The number of nitrogens with one attached hydrogen (secondary N) is 1. The number of unbranched alkanes of at least 4 members (excludes halogenated alkanes) is 1. The van der Waals surface area contributed by atoms with Crippen molar-refractivity contribution in [2.24, 2.45) is 5.73 Å². The van der Waals surface area contributed by atoms with Gasteiger partial charge in [0.25, 0.3) is 0 Å². The van der Waals surface area contributed by atoms with Crippen molar-refractivity contribution in [2.45, 2.75) is 19.3 Å². The van der Waals surface area contributed by atoms with Crippen LogP contribution in [0.5, 0.6) is 0 Å².